The van der Waals surface area contributed by atoms with E-state index in [9.17, 15) is 9.59 Å². The summed E-state index contributed by atoms with van der Waals surface area (Å²) in [6.07, 6.45) is 4.41. The summed E-state index contributed by atoms with van der Waals surface area (Å²) in [5.41, 5.74) is 1.39. The molecule has 2 aromatic rings. The molecule has 1 aliphatic rings. The number of hydrogen-bond donors (Lipinski definition) is 0. The SMILES string of the molecule is CN(CC(=O)N1CCC(CCc2ccccc2)CC1)C(=O)c1cccs1. The predicted octanol–water partition coefficient (Wildman–Crippen LogP) is 3.69. The molecule has 1 fully saturated rings. The number of nitrogens with zero attached hydrogens (tertiary/aromatic N) is 2. The monoisotopic (exact) mass is 370 g/mol. The summed E-state index contributed by atoms with van der Waals surface area (Å²) in [5.74, 6) is 0.662. The van der Waals surface area contributed by atoms with Crippen LogP contribution in [-0.4, -0.2) is 48.3 Å². The normalized spacial score (nSPS) is 15.0. The number of amides is 2. The maximum absolute atomic E-state index is 12.5. The highest BCUT2D eigenvalue weighted by Crippen LogP contribution is 2.22. The minimum atomic E-state index is -0.0777. The topological polar surface area (TPSA) is 40.6 Å². The van der Waals surface area contributed by atoms with Crippen LogP contribution in [0.1, 0.15) is 34.5 Å². The Kier molecular flexibility index (Phi) is 6.45. The largest absolute Gasteiger partial charge is 0.341 e. The average molecular weight is 371 g/mol. The lowest BCUT2D eigenvalue weighted by Crippen LogP contribution is -2.44. The molecule has 5 heteroatoms. The summed E-state index contributed by atoms with van der Waals surface area (Å²) in [6, 6.07) is 14.2. The van der Waals surface area contributed by atoms with E-state index in [1.54, 1.807) is 13.1 Å². The van der Waals surface area contributed by atoms with Crippen molar-refractivity contribution >= 4 is 23.2 Å². The van der Waals surface area contributed by atoms with Crippen LogP contribution in [0.4, 0.5) is 0 Å². The lowest BCUT2D eigenvalue weighted by molar-refractivity contribution is -0.133. The molecule has 26 heavy (non-hydrogen) atoms. The quantitative estimate of drug-likeness (QED) is 0.778. The van der Waals surface area contributed by atoms with Gasteiger partial charge in [-0.1, -0.05) is 36.4 Å². The van der Waals surface area contributed by atoms with Crippen LogP contribution in [0.5, 0.6) is 0 Å². The molecule has 0 N–H and O–H groups in total. The van der Waals surface area contributed by atoms with Crippen LogP contribution < -0.4 is 0 Å². The lowest BCUT2D eigenvalue weighted by atomic mass is 9.90. The predicted molar refractivity (Wildman–Crippen MR) is 105 cm³/mol. The van der Waals surface area contributed by atoms with Gasteiger partial charge in [0.25, 0.3) is 5.91 Å². The van der Waals surface area contributed by atoms with Crippen LogP contribution in [0.15, 0.2) is 47.8 Å². The molecule has 0 saturated carbocycles. The molecular weight excluding hydrogens is 344 g/mol. The molecular formula is C21H26N2O2S. The third-order valence-electron chi connectivity index (χ3n) is 5.10. The van der Waals surface area contributed by atoms with E-state index in [-0.39, 0.29) is 18.4 Å². The van der Waals surface area contributed by atoms with Crippen molar-refractivity contribution in [3.8, 4) is 0 Å². The molecule has 1 aliphatic heterocycles. The van der Waals surface area contributed by atoms with Gasteiger partial charge in [-0.25, -0.2) is 0 Å². The number of aryl methyl sites for hydroxylation is 1. The molecule has 4 nitrogen and oxygen atoms in total. The van der Waals surface area contributed by atoms with Gasteiger partial charge in [0, 0.05) is 20.1 Å². The number of carbonyl (C=O) groups is 2. The fraction of sp³-hybridized carbons (Fsp3) is 0.429. The number of carbonyl (C=O) groups excluding carboxylic acids is 2. The molecule has 0 bridgehead atoms. The van der Waals surface area contributed by atoms with Crippen LogP contribution in [0.2, 0.25) is 0 Å². The molecule has 2 heterocycles. The molecule has 1 aromatic carbocycles. The van der Waals surface area contributed by atoms with Gasteiger partial charge >= 0.3 is 0 Å². The van der Waals surface area contributed by atoms with Crippen molar-refractivity contribution in [3.05, 3.63) is 58.3 Å². The van der Waals surface area contributed by atoms with Crippen molar-refractivity contribution in [1.82, 2.24) is 9.80 Å². The number of hydrogen-bond acceptors (Lipinski definition) is 3. The maximum atomic E-state index is 12.5. The van der Waals surface area contributed by atoms with Gasteiger partial charge < -0.3 is 9.80 Å². The third kappa shape index (κ3) is 4.94. The van der Waals surface area contributed by atoms with Crippen molar-refractivity contribution < 1.29 is 9.59 Å². The second-order valence-corrected chi connectivity index (χ2v) is 7.93. The van der Waals surface area contributed by atoms with Gasteiger partial charge in [0.15, 0.2) is 0 Å². The van der Waals surface area contributed by atoms with Crippen molar-refractivity contribution in [2.45, 2.75) is 25.7 Å². The second kappa shape index (κ2) is 8.99. The van der Waals surface area contributed by atoms with Gasteiger partial charge in [-0.2, -0.15) is 0 Å². The molecule has 2 amide bonds. The highest BCUT2D eigenvalue weighted by Gasteiger charge is 2.24. The first kappa shape index (κ1) is 18.6. The van der Waals surface area contributed by atoms with Gasteiger partial charge in [0.2, 0.25) is 5.91 Å². The molecule has 0 atom stereocenters. The van der Waals surface area contributed by atoms with Gasteiger partial charge in [0.1, 0.15) is 0 Å². The molecule has 3 rings (SSSR count). The number of likely N-dealkylation sites (tertiary alicyclic amines) is 1. The van der Waals surface area contributed by atoms with E-state index in [2.05, 4.69) is 24.3 Å². The van der Waals surface area contributed by atoms with Crippen molar-refractivity contribution in [2.24, 2.45) is 5.92 Å². The fourth-order valence-electron chi connectivity index (χ4n) is 3.45. The molecule has 0 spiro atoms. The average Bonchev–Trinajstić information content (AvgIpc) is 3.21. The Morgan fingerprint density at radius 3 is 2.50 bits per heavy atom. The van der Waals surface area contributed by atoms with Crippen molar-refractivity contribution in [1.29, 1.82) is 0 Å². The molecule has 0 unspecified atom stereocenters. The van der Waals surface area contributed by atoms with Crippen molar-refractivity contribution in [2.75, 3.05) is 26.7 Å². The van der Waals surface area contributed by atoms with E-state index in [1.165, 1.54) is 28.2 Å². The Labute approximate surface area is 159 Å². The smallest absolute Gasteiger partial charge is 0.264 e. The summed E-state index contributed by atoms with van der Waals surface area (Å²) in [6.45, 7) is 1.77. The first-order chi connectivity index (χ1) is 12.6. The summed E-state index contributed by atoms with van der Waals surface area (Å²) < 4.78 is 0. The highest BCUT2D eigenvalue weighted by molar-refractivity contribution is 7.12. The summed E-state index contributed by atoms with van der Waals surface area (Å²) in [5, 5.41) is 1.88. The standard InChI is InChI=1S/C21H26N2O2S/c1-22(21(25)19-8-5-15-26-19)16-20(24)23-13-11-18(12-14-23)10-9-17-6-3-2-4-7-17/h2-8,15,18H,9-14,16H2,1H3. The van der Waals surface area contributed by atoms with Gasteiger partial charge in [-0.05, 0) is 48.6 Å². The third-order valence-corrected chi connectivity index (χ3v) is 5.96. The summed E-state index contributed by atoms with van der Waals surface area (Å²) in [7, 11) is 1.70. The first-order valence-corrected chi connectivity index (χ1v) is 10.1. The van der Waals surface area contributed by atoms with E-state index in [0.29, 0.717) is 10.8 Å². The minimum Gasteiger partial charge on any atom is -0.341 e. The van der Waals surface area contributed by atoms with Crippen LogP contribution in [0.25, 0.3) is 0 Å². The van der Waals surface area contributed by atoms with Crippen molar-refractivity contribution in [3.63, 3.8) is 0 Å². The molecule has 0 radical (unpaired) electrons. The zero-order chi connectivity index (χ0) is 18.4. The van der Waals surface area contributed by atoms with E-state index in [4.69, 9.17) is 0 Å². The summed E-state index contributed by atoms with van der Waals surface area (Å²) >= 11 is 1.41. The Morgan fingerprint density at radius 2 is 1.85 bits per heavy atom. The maximum Gasteiger partial charge on any atom is 0.264 e. The number of likely N-dealkylation sites (N-methyl/N-ethyl adjacent to an activating group) is 1. The zero-order valence-corrected chi connectivity index (χ0v) is 16.1. The zero-order valence-electron chi connectivity index (χ0n) is 15.3. The molecule has 1 aromatic heterocycles. The number of piperidine rings is 1. The molecule has 1 saturated heterocycles. The number of benzene rings is 1. The van der Waals surface area contributed by atoms with E-state index in [0.717, 1.165) is 32.4 Å². The van der Waals surface area contributed by atoms with Gasteiger partial charge in [-0.15, -0.1) is 11.3 Å². The van der Waals surface area contributed by atoms with Crippen LogP contribution >= 0.6 is 11.3 Å². The second-order valence-electron chi connectivity index (χ2n) is 6.99. The lowest BCUT2D eigenvalue weighted by Gasteiger charge is -2.33. The molecule has 138 valence electrons. The minimum absolute atomic E-state index is 0.0546. The fourth-order valence-corrected chi connectivity index (χ4v) is 4.17. The Bertz CT molecular complexity index is 707. The number of rotatable bonds is 6. The van der Waals surface area contributed by atoms with Gasteiger partial charge in [0.05, 0.1) is 11.4 Å². The molecule has 0 aliphatic carbocycles. The van der Waals surface area contributed by atoms with Crippen LogP contribution in [-0.2, 0) is 11.2 Å². The Hall–Kier alpha value is -2.14. The van der Waals surface area contributed by atoms with E-state index < -0.39 is 0 Å². The first-order valence-electron chi connectivity index (χ1n) is 9.24. The van der Waals surface area contributed by atoms with Crippen LogP contribution in [0, 0.1) is 5.92 Å². The Morgan fingerprint density at radius 1 is 1.12 bits per heavy atom. The highest BCUT2D eigenvalue weighted by atomic mass is 32.1. The van der Waals surface area contributed by atoms with Gasteiger partial charge in [-0.3, -0.25) is 9.59 Å². The van der Waals surface area contributed by atoms with Crippen LogP contribution in [0.3, 0.4) is 0 Å². The van der Waals surface area contributed by atoms with E-state index >= 15 is 0 Å². The summed E-state index contributed by atoms with van der Waals surface area (Å²) in [4.78, 5) is 28.9. The van der Waals surface area contributed by atoms with E-state index in [1.807, 2.05) is 22.4 Å². The number of thiophene rings is 1. The Balaban J connectivity index is 1.41.